The van der Waals surface area contributed by atoms with E-state index >= 15 is 0 Å². The van der Waals surface area contributed by atoms with E-state index in [0.717, 1.165) is 22.3 Å². The molecule has 1 unspecified atom stereocenters. The molecule has 2 aliphatic rings. The lowest BCUT2D eigenvalue weighted by atomic mass is 9.84. The van der Waals surface area contributed by atoms with Crippen molar-refractivity contribution in [2.75, 3.05) is 42.1 Å². The Morgan fingerprint density at radius 2 is 1.56 bits per heavy atom. The maximum atomic E-state index is 14.5. The number of amides is 3. The van der Waals surface area contributed by atoms with Gasteiger partial charge in [-0.1, -0.05) is 107 Å². The summed E-state index contributed by atoms with van der Waals surface area (Å²) in [5.74, 6) is -2.16. The van der Waals surface area contributed by atoms with Crippen LogP contribution in [0.2, 0.25) is 0 Å². The molecule has 24 nitrogen and oxygen atoms in total. The number of Topliss-reactive ketones (excluding diaryl/α,β-unsaturated/α-hetero) is 1. The molecular weight excluding hydrogens is 1160 g/mol. The summed E-state index contributed by atoms with van der Waals surface area (Å²) < 4.78 is 61.5. The smallest absolute Gasteiger partial charge is 0.407 e. The number of carbonyl (C=O) groups excluding carboxylic acids is 5. The lowest BCUT2D eigenvalue weighted by Crippen LogP contribution is -2.39. The van der Waals surface area contributed by atoms with E-state index in [0.29, 0.717) is 48.4 Å². The number of esters is 1. The Hall–Kier alpha value is -8.32. The number of ether oxygens (including phenoxy) is 7. The highest BCUT2D eigenvalue weighted by atomic mass is 16.6. The Morgan fingerprint density at radius 3 is 2.23 bits per heavy atom. The Labute approximate surface area is 524 Å². The van der Waals surface area contributed by atoms with E-state index in [1.807, 2.05) is 78.0 Å². The molecule has 13 atom stereocenters. The van der Waals surface area contributed by atoms with E-state index in [4.69, 9.17) is 57.1 Å². The number of hydrogen-bond donors (Lipinski definition) is 2. The molecule has 1 aliphatic carbocycles. The fourth-order valence-electron chi connectivity index (χ4n) is 12.4. The van der Waals surface area contributed by atoms with Crippen LogP contribution < -0.4 is 11.1 Å². The van der Waals surface area contributed by atoms with Crippen molar-refractivity contribution < 1.29 is 70.4 Å². The van der Waals surface area contributed by atoms with Crippen LogP contribution in [-0.2, 0) is 54.1 Å². The average molecular weight is 1240 g/mol. The van der Waals surface area contributed by atoms with Gasteiger partial charge in [0.15, 0.2) is 11.4 Å². The summed E-state index contributed by atoms with van der Waals surface area (Å²) in [7, 11) is 7.91. The maximum Gasteiger partial charge on any atom is 0.407 e. The van der Waals surface area contributed by atoms with Crippen molar-refractivity contribution in [1.29, 1.82) is 0 Å². The summed E-state index contributed by atoms with van der Waals surface area (Å²) in [4.78, 5) is 80.9. The van der Waals surface area contributed by atoms with Crippen molar-refractivity contribution >= 4 is 36.4 Å². The zero-order valence-corrected chi connectivity index (χ0v) is 53.1. The summed E-state index contributed by atoms with van der Waals surface area (Å²) in [5, 5.41) is 11.9. The number of oxazole rings is 3. The quantitative estimate of drug-likeness (QED) is 0.0362. The first-order chi connectivity index (χ1) is 43.3. The van der Waals surface area contributed by atoms with Gasteiger partial charge >= 0.3 is 18.2 Å². The first kappa shape index (κ1) is 67.6. The summed E-state index contributed by atoms with van der Waals surface area (Å²) in [6, 6.07) is 15.7. The van der Waals surface area contributed by atoms with Gasteiger partial charge in [-0.3, -0.25) is 14.4 Å². The SMILES string of the molecule is CO[C@H]([C@H](C)/C=C/N(C)C=O)[C@@H](C)C(=O)CC[C@H](C)[C@@H](C[C@@H]1OC(=O)CC(OC(N)=O)C[C@H](C)C[C@@H](n2cc(CNC(=O)OCC3c4ccccc4-c4ccccc43)nn2)[C@H](C)[C@@H](OC)c2coc(n2)-c2coc(n2)-c2coc(n2)/C=C/C[C@H](OC)[C@H]1C)OC. The number of aromatic nitrogens is 6. The molecule has 1 aliphatic heterocycles. The van der Waals surface area contributed by atoms with E-state index in [1.54, 1.807) is 58.6 Å². The second kappa shape index (κ2) is 31.9. The number of cyclic esters (lactones) is 1. The minimum Gasteiger partial charge on any atom is -0.462 e. The van der Waals surface area contributed by atoms with Gasteiger partial charge in [0.05, 0.1) is 43.5 Å². The summed E-state index contributed by atoms with van der Waals surface area (Å²) in [6.45, 7) is 11.7. The number of nitrogens with one attached hydrogen (secondary N) is 1. The molecule has 5 heterocycles. The highest BCUT2D eigenvalue weighted by molar-refractivity contribution is 5.81. The zero-order valence-electron chi connectivity index (χ0n) is 53.1. The first-order valence-corrected chi connectivity index (χ1v) is 30.5. The third-order valence-electron chi connectivity index (χ3n) is 17.5. The van der Waals surface area contributed by atoms with Crippen LogP contribution in [0.15, 0.2) is 105 Å². The monoisotopic (exact) mass is 1240 g/mol. The highest BCUT2D eigenvalue weighted by Gasteiger charge is 2.38. The number of rotatable bonds is 22. The fraction of sp³-hybridized carbons (Fsp3) is 0.515. The largest absolute Gasteiger partial charge is 0.462 e. The molecule has 3 N–H and O–H groups in total. The molecule has 8 rings (SSSR count). The molecule has 6 bridgehead atoms. The third kappa shape index (κ3) is 17.1. The molecule has 484 valence electrons. The molecule has 0 saturated carbocycles. The number of ketones is 1. The fourth-order valence-corrected chi connectivity index (χ4v) is 12.4. The number of methoxy groups -OCH3 is 4. The van der Waals surface area contributed by atoms with Crippen LogP contribution in [0.1, 0.15) is 133 Å². The Morgan fingerprint density at radius 1 is 0.867 bits per heavy atom. The van der Waals surface area contributed by atoms with E-state index in [-0.39, 0.29) is 86.0 Å². The van der Waals surface area contributed by atoms with Gasteiger partial charge < -0.3 is 62.4 Å². The van der Waals surface area contributed by atoms with Gasteiger partial charge in [-0.15, -0.1) is 5.10 Å². The van der Waals surface area contributed by atoms with Crippen LogP contribution in [0.4, 0.5) is 9.59 Å². The number of carbonyl (C=O) groups is 5. The van der Waals surface area contributed by atoms with Crippen LogP contribution >= 0.6 is 0 Å². The number of benzene rings is 2. The Bertz CT molecular complexity index is 3340. The Balaban J connectivity index is 1.03. The van der Waals surface area contributed by atoms with Crippen molar-refractivity contribution in [1.82, 2.24) is 40.2 Å². The van der Waals surface area contributed by atoms with Crippen LogP contribution in [0.5, 0.6) is 0 Å². The maximum absolute atomic E-state index is 14.5. The number of fused-ring (bicyclic) bond motifs is 11. The molecule has 4 aromatic heterocycles. The number of primary amides is 1. The normalized spacial score (nSPS) is 22.9. The molecular formula is C66H85N9O15. The van der Waals surface area contributed by atoms with Crippen LogP contribution in [0, 0.1) is 35.5 Å². The Kier molecular flexibility index (Phi) is 24.0. The topological polar surface area (TPSA) is 300 Å². The molecule has 0 saturated heterocycles. The molecule has 90 heavy (non-hydrogen) atoms. The lowest BCUT2D eigenvalue weighted by molar-refractivity contribution is -0.160. The van der Waals surface area contributed by atoms with E-state index in [1.165, 1.54) is 23.7 Å². The minimum absolute atomic E-state index is 0.000822. The molecule has 24 heteroatoms. The first-order valence-electron chi connectivity index (χ1n) is 30.5. The van der Waals surface area contributed by atoms with Crippen LogP contribution in [0.25, 0.3) is 40.4 Å². The number of alkyl carbamates (subject to hydrolysis) is 1. The van der Waals surface area contributed by atoms with Gasteiger partial charge in [-0.05, 0) is 65.8 Å². The van der Waals surface area contributed by atoms with Crippen molar-refractivity contribution in [3.8, 4) is 34.3 Å². The van der Waals surface area contributed by atoms with Crippen molar-refractivity contribution in [3.63, 3.8) is 0 Å². The second-order valence-electron chi connectivity index (χ2n) is 23.7. The number of nitrogens with two attached hydrogens (primary N) is 1. The second-order valence-corrected chi connectivity index (χ2v) is 23.7. The average Bonchev–Trinajstić information content (AvgIpc) is 1.78. The van der Waals surface area contributed by atoms with Gasteiger partial charge in [0, 0.05) is 84.1 Å². The van der Waals surface area contributed by atoms with Crippen LogP contribution in [0.3, 0.4) is 0 Å². The summed E-state index contributed by atoms with van der Waals surface area (Å²) >= 11 is 0. The van der Waals surface area contributed by atoms with Gasteiger partial charge in [-0.25, -0.2) is 29.2 Å². The van der Waals surface area contributed by atoms with E-state index in [9.17, 15) is 24.0 Å². The molecule has 6 aromatic rings. The standard InChI is InChI=1S/C66H85N9O15/c1-38-27-45(89-65(67)79)29-60(78)90-58(30-57(82-9)39(2)23-24-55(77)42(5)61(83-10)40(3)25-26-74(7)37-76)43(6)56(81-8)21-16-22-59-69-52(35-85-59)63-71-53(36-87-63)64-70-51(34-86-64)62(84-11)41(4)54(28-38)75-32-44(72-73-75)31-68-66(80)88-33-50-48-19-14-12-17-46(48)47-18-13-15-20-49(47)50/h12-20,22,25-26,32,34-43,45,50,54,56-58,61-62H,21,23-24,27-31,33H2,1-11H3,(H2,67,79)(H,68,80)/b22-16+,26-25+/t38-,39-,40+,41-,42-,43+,45?,54+,56-,57+,58-,61+,62+/m0/s1. The molecule has 0 spiro atoms. The predicted molar refractivity (Wildman–Crippen MR) is 329 cm³/mol. The van der Waals surface area contributed by atoms with Gasteiger partial charge in [-0.2, -0.15) is 0 Å². The van der Waals surface area contributed by atoms with Gasteiger partial charge in [0.1, 0.15) is 60.9 Å². The van der Waals surface area contributed by atoms with Crippen molar-refractivity contribution in [2.24, 2.45) is 41.2 Å². The minimum atomic E-state index is -1.07. The van der Waals surface area contributed by atoms with Crippen molar-refractivity contribution in [3.05, 3.63) is 120 Å². The van der Waals surface area contributed by atoms with E-state index in [2.05, 4.69) is 49.9 Å². The van der Waals surface area contributed by atoms with Gasteiger partial charge in [0.25, 0.3) is 0 Å². The molecule has 0 fully saturated rings. The number of hydrogen-bond acceptors (Lipinski definition) is 20. The zero-order chi connectivity index (χ0) is 64.6. The van der Waals surface area contributed by atoms with E-state index < -0.39 is 78.6 Å². The third-order valence-corrected chi connectivity index (χ3v) is 17.5. The van der Waals surface area contributed by atoms with Crippen molar-refractivity contribution in [2.45, 2.75) is 142 Å². The lowest BCUT2D eigenvalue weighted by Gasteiger charge is -2.34. The molecule has 2 aromatic carbocycles. The molecule has 0 radical (unpaired) electrons. The van der Waals surface area contributed by atoms with Gasteiger partial charge in [0.2, 0.25) is 24.1 Å². The summed E-state index contributed by atoms with van der Waals surface area (Å²) in [5.41, 5.74) is 11.6. The summed E-state index contributed by atoms with van der Waals surface area (Å²) in [6.07, 6.45) is 9.53. The van der Waals surface area contributed by atoms with Crippen LogP contribution in [-0.4, -0.2) is 138 Å². The predicted octanol–water partition coefficient (Wildman–Crippen LogP) is 10.7. The number of nitrogens with zero attached hydrogens (tertiary/aromatic N) is 7. The molecule has 3 amide bonds. The highest BCUT2D eigenvalue weighted by Crippen LogP contribution is 2.45.